The predicted octanol–water partition coefficient (Wildman–Crippen LogP) is 1.73. The van der Waals surface area contributed by atoms with Crippen LogP contribution in [0.25, 0.3) is 0 Å². The summed E-state index contributed by atoms with van der Waals surface area (Å²) in [5.74, 6) is 0. The fourth-order valence-electron chi connectivity index (χ4n) is 1.30. The Kier molecular flexibility index (Phi) is 2.10. The van der Waals surface area contributed by atoms with Gasteiger partial charge in [-0.15, -0.1) is 0 Å². The van der Waals surface area contributed by atoms with Crippen molar-refractivity contribution < 1.29 is 4.74 Å². The average molecular weight is 197 g/mol. The molecule has 13 heavy (non-hydrogen) atoms. The van der Waals surface area contributed by atoms with Gasteiger partial charge in [-0.3, -0.25) is 0 Å². The molecule has 0 spiro atoms. The molecule has 3 nitrogen and oxygen atoms in total. The van der Waals surface area contributed by atoms with Gasteiger partial charge in [0.05, 0.1) is 0 Å². The topological polar surface area (TPSA) is 47.6 Å². The van der Waals surface area contributed by atoms with Crippen LogP contribution in [0.1, 0.15) is 11.6 Å². The van der Waals surface area contributed by atoms with Crippen LogP contribution in [0, 0.1) is 0 Å². The Bertz CT molecular complexity index is 351. The van der Waals surface area contributed by atoms with Crippen LogP contribution in [0.5, 0.6) is 0 Å². The van der Waals surface area contributed by atoms with Crippen LogP contribution in [-0.2, 0) is 4.74 Å². The van der Waals surface area contributed by atoms with Crippen molar-refractivity contribution >= 4 is 17.6 Å². The first kappa shape index (κ1) is 8.38. The molecule has 68 valence electrons. The summed E-state index contributed by atoms with van der Waals surface area (Å²) in [6, 6.07) is 7.76. The Labute approximate surface area is 81.2 Å². The minimum absolute atomic E-state index is 0.0475. The van der Waals surface area contributed by atoms with Gasteiger partial charge in [-0.2, -0.15) is 0 Å². The lowest BCUT2D eigenvalue weighted by molar-refractivity contribution is 0.315. The Morgan fingerprint density at radius 3 is 2.85 bits per heavy atom. The molecular formula is C9H9ClN2O. The number of halogens is 1. The summed E-state index contributed by atoms with van der Waals surface area (Å²) in [4.78, 5) is 4.11. The standard InChI is InChI=1S/C9H9ClN2O/c10-7-4-2-1-3-6(7)8-5-13-9(11)12-8/h1-4,8H,5H2,(H2,11,12)/t8-/m1/s1. The summed E-state index contributed by atoms with van der Waals surface area (Å²) < 4.78 is 5.04. The van der Waals surface area contributed by atoms with E-state index in [4.69, 9.17) is 22.1 Å². The average Bonchev–Trinajstić information content (AvgIpc) is 2.53. The third-order valence-corrected chi connectivity index (χ3v) is 2.28. The largest absolute Gasteiger partial charge is 0.463 e. The molecule has 0 aliphatic carbocycles. The summed E-state index contributed by atoms with van der Waals surface area (Å²) in [5, 5.41) is 0.703. The van der Waals surface area contributed by atoms with Gasteiger partial charge in [-0.1, -0.05) is 29.8 Å². The van der Waals surface area contributed by atoms with Crippen LogP contribution in [-0.4, -0.2) is 12.6 Å². The quantitative estimate of drug-likeness (QED) is 0.744. The zero-order chi connectivity index (χ0) is 9.26. The van der Waals surface area contributed by atoms with Crippen LogP contribution >= 0.6 is 11.6 Å². The van der Waals surface area contributed by atoms with Crippen molar-refractivity contribution in [3.8, 4) is 0 Å². The molecule has 1 heterocycles. The third kappa shape index (κ3) is 1.60. The van der Waals surface area contributed by atoms with Gasteiger partial charge in [0, 0.05) is 5.02 Å². The van der Waals surface area contributed by atoms with Gasteiger partial charge >= 0.3 is 0 Å². The molecule has 1 aromatic rings. The van der Waals surface area contributed by atoms with Crippen LogP contribution in [0.4, 0.5) is 0 Å². The van der Waals surface area contributed by atoms with Crippen molar-refractivity contribution in [3.63, 3.8) is 0 Å². The lowest BCUT2D eigenvalue weighted by Crippen LogP contribution is -2.10. The Balaban J connectivity index is 2.31. The van der Waals surface area contributed by atoms with E-state index < -0.39 is 0 Å². The monoisotopic (exact) mass is 196 g/mol. The van der Waals surface area contributed by atoms with Gasteiger partial charge in [0.15, 0.2) is 0 Å². The molecule has 2 N–H and O–H groups in total. The molecule has 1 atom stereocenters. The lowest BCUT2D eigenvalue weighted by atomic mass is 10.1. The summed E-state index contributed by atoms with van der Waals surface area (Å²) in [7, 11) is 0. The summed E-state index contributed by atoms with van der Waals surface area (Å²) >= 11 is 5.99. The highest BCUT2D eigenvalue weighted by Gasteiger charge is 2.20. The fraction of sp³-hybridized carbons (Fsp3) is 0.222. The van der Waals surface area contributed by atoms with Crippen LogP contribution in [0.3, 0.4) is 0 Å². The highest BCUT2D eigenvalue weighted by Crippen LogP contribution is 2.27. The molecule has 1 aliphatic rings. The SMILES string of the molecule is NC1=N[C@@H](c2ccccc2Cl)CO1. The Morgan fingerprint density at radius 2 is 2.23 bits per heavy atom. The highest BCUT2D eigenvalue weighted by molar-refractivity contribution is 6.31. The number of hydrogen-bond acceptors (Lipinski definition) is 3. The van der Waals surface area contributed by atoms with E-state index in [-0.39, 0.29) is 12.1 Å². The second-order valence-corrected chi connectivity index (χ2v) is 3.22. The smallest absolute Gasteiger partial charge is 0.282 e. The molecule has 0 saturated carbocycles. The molecule has 0 fully saturated rings. The van der Waals surface area contributed by atoms with E-state index in [1.807, 2.05) is 24.3 Å². The van der Waals surface area contributed by atoms with E-state index in [1.54, 1.807) is 0 Å². The third-order valence-electron chi connectivity index (χ3n) is 1.94. The van der Waals surface area contributed by atoms with Gasteiger partial charge < -0.3 is 10.5 Å². The van der Waals surface area contributed by atoms with E-state index in [2.05, 4.69) is 4.99 Å². The molecule has 2 rings (SSSR count). The fourth-order valence-corrected chi connectivity index (χ4v) is 1.56. The van der Waals surface area contributed by atoms with Crippen molar-refractivity contribution in [2.45, 2.75) is 6.04 Å². The van der Waals surface area contributed by atoms with Gasteiger partial charge in [-0.25, -0.2) is 4.99 Å². The maximum atomic E-state index is 5.99. The van der Waals surface area contributed by atoms with Gasteiger partial charge in [0.25, 0.3) is 6.02 Å². The number of amidine groups is 1. The van der Waals surface area contributed by atoms with E-state index in [0.717, 1.165) is 5.56 Å². The van der Waals surface area contributed by atoms with Crippen LogP contribution in [0.2, 0.25) is 5.02 Å². The number of nitrogens with two attached hydrogens (primary N) is 1. The van der Waals surface area contributed by atoms with Crippen molar-refractivity contribution in [2.24, 2.45) is 10.7 Å². The van der Waals surface area contributed by atoms with Gasteiger partial charge in [-0.05, 0) is 11.6 Å². The van der Waals surface area contributed by atoms with Crippen LogP contribution < -0.4 is 5.73 Å². The minimum Gasteiger partial charge on any atom is -0.463 e. The van der Waals surface area contributed by atoms with Crippen molar-refractivity contribution in [1.82, 2.24) is 0 Å². The number of aliphatic imine (C=N–C) groups is 1. The van der Waals surface area contributed by atoms with Gasteiger partial charge in [0.2, 0.25) is 0 Å². The number of nitrogens with zero attached hydrogens (tertiary/aromatic N) is 1. The maximum absolute atomic E-state index is 5.99. The molecular weight excluding hydrogens is 188 g/mol. The first-order valence-corrected chi connectivity index (χ1v) is 4.35. The summed E-state index contributed by atoms with van der Waals surface area (Å²) in [6.07, 6.45) is 0. The number of benzene rings is 1. The van der Waals surface area contributed by atoms with Crippen LogP contribution in [0.15, 0.2) is 29.3 Å². The molecule has 0 saturated heterocycles. The Hall–Kier alpha value is -1.22. The minimum atomic E-state index is -0.0475. The van der Waals surface area contributed by atoms with Crippen molar-refractivity contribution in [3.05, 3.63) is 34.9 Å². The number of hydrogen-bond donors (Lipinski definition) is 1. The molecule has 0 aromatic heterocycles. The molecule has 1 aliphatic heterocycles. The molecule has 0 unspecified atom stereocenters. The van der Waals surface area contributed by atoms with Crippen molar-refractivity contribution in [2.75, 3.05) is 6.61 Å². The van der Waals surface area contributed by atoms with E-state index >= 15 is 0 Å². The van der Waals surface area contributed by atoms with E-state index in [0.29, 0.717) is 11.6 Å². The number of ether oxygens (including phenoxy) is 1. The zero-order valence-electron chi connectivity index (χ0n) is 6.90. The Morgan fingerprint density at radius 1 is 1.46 bits per heavy atom. The summed E-state index contributed by atoms with van der Waals surface area (Å²) in [6.45, 7) is 0.482. The first-order chi connectivity index (χ1) is 6.27. The molecule has 0 radical (unpaired) electrons. The molecule has 1 aromatic carbocycles. The van der Waals surface area contributed by atoms with Gasteiger partial charge in [0.1, 0.15) is 12.6 Å². The molecule has 0 amide bonds. The second-order valence-electron chi connectivity index (χ2n) is 2.82. The normalized spacial score (nSPS) is 21.0. The second kappa shape index (κ2) is 3.26. The zero-order valence-corrected chi connectivity index (χ0v) is 7.66. The summed E-state index contributed by atoms with van der Waals surface area (Å²) in [5.41, 5.74) is 6.36. The first-order valence-electron chi connectivity index (χ1n) is 3.98. The number of rotatable bonds is 1. The maximum Gasteiger partial charge on any atom is 0.282 e. The van der Waals surface area contributed by atoms with E-state index in [9.17, 15) is 0 Å². The van der Waals surface area contributed by atoms with E-state index in [1.165, 1.54) is 0 Å². The molecule has 4 heteroatoms. The lowest BCUT2D eigenvalue weighted by Gasteiger charge is -2.06. The van der Waals surface area contributed by atoms with Crippen molar-refractivity contribution in [1.29, 1.82) is 0 Å². The molecule has 0 bridgehead atoms. The highest BCUT2D eigenvalue weighted by atomic mass is 35.5. The predicted molar refractivity (Wildman–Crippen MR) is 51.8 cm³/mol.